The first-order chi connectivity index (χ1) is 11.5. The van der Waals surface area contributed by atoms with Gasteiger partial charge in [-0.1, -0.05) is 19.1 Å². The van der Waals surface area contributed by atoms with Crippen molar-refractivity contribution in [1.29, 1.82) is 0 Å². The second-order valence-electron chi connectivity index (χ2n) is 5.70. The maximum Gasteiger partial charge on any atom is 0.255 e. The lowest BCUT2D eigenvalue weighted by Crippen LogP contribution is -2.28. The molecule has 3 rings (SSSR count). The van der Waals surface area contributed by atoms with E-state index >= 15 is 0 Å². The van der Waals surface area contributed by atoms with E-state index in [2.05, 4.69) is 5.32 Å². The van der Waals surface area contributed by atoms with Gasteiger partial charge in [-0.05, 0) is 49.2 Å². The highest BCUT2D eigenvalue weighted by Crippen LogP contribution is 2.29. The van der Waals surface area contributed by atoms with E-state index in [1.165, 1.54) is 24.3 Å². The number of furan rings is 1. The first-order valence-electron chi connectivity index (χ1n) is 7.78. The van der Waals surface area contributed by atoms with Crippen LogP contribution in [0.25, 0.3) is 11.0 Å². The molecule has 4 nitrogen and oxygen atoms in total. The number of nitrogens with one attached hydrogen (secondary N) is 1. The van der Waals surface area contributed by atoms with Crippen molar-refractivity contribution in [2.75, 3.05) is 0 Å². The lowest BCUT2D eigenvalue weighted by molar-refractivity contribution is 0.0935. The molecule has 0 saturated heterocycles. The Bertz CT molecular complexity index is 884. The molecule has 1 heterocycles. The summed E-state index contributed by atoms with van der Waals surface area (Å²) in [7, 11) is 0. The summed E-state index contributed by atoms with van der Waals surface area (Å²) in [4.78, 5) is 12.7. The van der Waals surface area contributed by atoms with Crippen molar-refractivity contribution >= 4 is 16.9 Å². The van der Waals surface area contributed by atoms with Crippen LogP contribution >= 0.6 is 0 Å². The Morgan fingerprint density at radius 2 is 1.96 bits per heavy atom. The zero-order valence-corrected chi connectivity index (χ0v) is 13.5. The zero-order chi connectivity index (χ0) is 17.3. The van der Waals surface area contributed by atoms with Crippen LogP contribution in [-0.4, -0.2) is 11.0 Å². The summed E-state index contributed by atoms with van der Waals surface area (Å²) in [6.07, 6.45) is 0.664. The van der Waals surface area contributed by atoms with Crippen LogP contribution in [0.1, 0.15) is 41.1 Å². The second kappa shape index (κ2) is 6.35. The van der Waals surface area contributed by atoms with Gasteiger partial charge >= 0.3 is 0 Å². The van der Waals surface area contributed by atoms with Crippen LogP contribution in [0.5, 0.6) is 5.75 Å². The summed E-state index contributed by atoms with van der Waals surface area (Å²) in [6, 6.07) is 10.5. The van der Waals surface area contributed by atoms with Gasteiger partial charge in [0.05, 0.1) is 11.6 Å². The van der Waals surface area contributed by atoms with Crippen LogP contribution < -0.4 is 5.32 Å². The van der Waals surface area contributed by atoms with Crippen molar-refractivity contribution in [3.05, 3.63) is 65.2 Å². The third-order valence-corrected chi connectivity index (χ3v) is 4.06. The number of halogens is 1. The van der Waals surface area contributed by atoms with Crippen molar-refractivity contribution in [3.8, 4) is 5.75 Å². The van der Waals surface area contributed by atoms with Gasteiger partial charge in [-0.3, -0.25) is 4.79 Å². The van der Waals surface area contributed by atoms with Gasteiger partial charge in [-0.15, -0.1) is 0 Å². The molecule has 2 N–H and O–H groups in total. The number of aryl methyl sites for hydroxylation is 1. The van der Waals surface area contributed by atoms with Crippen LogP contribution in [0.4, 0.5) is 4.39 Å². The highest BCUT2D eigenvalue weighted by molar-refractivity contribution is 6.07. The van der Waals surface area contributed by atoms with Crippen LogP contribution in [0.2, 0.25) is 0 Å². The third-order valence-electron chi connectivity index (χ3n) is 4.06. The lowest BCUT2D eigenvalue weighted by Gasteiger charge is -2.17. The maximum atomic E-state index is 13.1. The van der Waals surface area contributed by atoms with Crippen LogP contribution in [-0.2, 0) is 0 Å². The molecule has 0 bridgehead atoms. The van der Waals surface area contributed by atoms with Crippen molar-refractivity contribution in [3.63, 3.8) is 0 Å². The van der Waals surface area contributed by atoms with E-state index < -0.39 is 0 Å². The van der Waals surface area contributed by atoms with Crippen LogP contribution in [0.15, 0.2) is 46.9 Å². The Labute approximate surface area is 138 Å². The van der Waals surface area contributed by atoms with E-state index in [1.807, 2.05) is 6.92 Å². The molecule has 0 unspecified atom stereocenters. The maximum absolute atomic E-state index is 13.1. The number of hydrogen-bond donors (Lipinski definition) is 2. The lowest BCUT2D eigenvalue weighted by atomic mass is 10.0. The molecular formula is C19H18FNO3. The fourth-order valence-corrected chi connectivity index (χ4v) is 2.84. The Hall–Kier alpha value is -2.82. The first kappa shape index (κ1) is 16.1. The van der Waals surface area contributed by atoms with Crippen molar-refractivity contribution in [2.45, 2.75) is 26.3 Å². The van der Waals surface area contributed by atoms with Gasteiger partial charge in [-0.2, -0.15) is 0 Å². The Balaban J connectivity index is 1.92. The predicted octanol–water partition coefficient (Wildman–Crippen LogP) is 4.47. The fraction of sp³-hybridized carbons (Fsp3) is 0.211. The van der Waals surface area contributed by atoms with Gasteiger partial charge < -0.3 is 14.8 Å². The molecule has 0 aliphatic rings. The molecular weight excluding hydrogens is 309 g/mol. The Kier molecular flexibility index (Phi) is 4.25. The second-order valence-corrected chi connectivity index (χ2v) is 5.70. The van der Waals surface area contributed by atoms with Crippen LogP contribution in [0, 0.1) is 12.7 Å². The minimum atomic E-state index is -0.313. The Morgan fingerprint density at radius 1 is 1.25 bits per heavy atom. The van der Waals surface area contributed by atoms with Gasteiger partial charge in [0.2, 0.25) is 0 Å². The highest BCUT2D eigenvalue weighted by Gasteiger charge is 2.21. The average molecular weight is 327 g/mol. The minimum absolute atomic E-state index is 0.0722. The largest absolute Gasteiger partial charge is 0.508 e. The smallest absolute Gasteiger partial charge is 0.255 e. The monoisotopic (exact) mass is 327 g/mol. The zero-order valence-electron chi connectivity index (χ0n) is 13.5. The first-order valence-corrected chi connectivity index (χ1v) is 7.78. The van der Waals surface area contributed by atoms with E-state index in [0.717, 1.165) is 5.56 Å². The molecule has 24 heavy (non-hydrogen) atoms. The number of phenolic OH excluding ortho intramolecular Hbond substituents is 1. The summed E-state index contributed by atoms with van der Waals surface area (Å²) in [5.41, 5.74) is 1.78. The predicted molar refractivity (Wildman–Crippen MR) is 89.5 cm³/mol. The molecule has 0 saturated carbocycles. The molecule has 5 heteroatoms. The number of rotatable bonds is 4. The molecule has 1 aromatic heterocycles. The van der Waals surface area contributed by atoms with Crippen molar-refractivity contribution in [2.24, 2.45) is 0 Å². The Morgan fingerprint density at radius 3 is 2.62 bits per heavy atom. The van der Waals surface area contributed by atoms with E-state index in [9.17, 15) is 14.3 Å². The number of amides is 1. The summed E-state index contributed by atoms with van der Waals surface area (Å²) < 4.78 is 18.7. The summed E-state index contributed by atoms with van der Waals surface area (Å²) >= 11 is 0. The highest BCUT2D eigenvalue weighted by atomic mass is 19.1. The van der Waals surface area contributed by atoms with Gasteiger partial charge in [0.1, 0.15) is 22.9 Å². The molecule has 0 spiro atoms. The topological polar surface area (TPSA) is 62.5 Å². The molecule has 0 aliphatic heterocycles. The average Bonchev–Trinajstić information content (AvgIpc) is 2.88. The number of benzene rings is 2. The summed E-state index contributed by atoms with van der Waals surface area (Å²) in [5, 5.41) is 13.2. The molecule has 1 atom stereocenters. The summed E-state index contributed by atoms with van der Waals surface area (Å²) in [6.45, 7) is 3.66. The minimum Gasteiger partial charge on any atom is -0.508 e. The van der Waals surface area contributed by atoms with Gasteiger partial charge in [0, 0.05) is 5.39 Å². The molecule has 124 valence electrons. The molecule has 0 radical (unpaired) electrons. The van der Waals surface area contributed by atoms with E-state index in [0.29, 0.717) is 28.7 Å². The number of hydrogen-bond acceptors (Lipinski definition) is 3. The van der Waals surface area contributed by atoms with E-state index in [4.69, 9.17) is 4.42 Å². The van der Waals surface area contributed by atoms with Gasteiger partial charge in [-0.25, -0.2) is 4.39 Å². The number of phenols is 1. The normalized spacial score (nSPS) is 12.3. The quantitative estimate of drug-likeness (QED) is 0.743. The van der Waals surface area contributed by atoms with Crippen molar-refractivity contribution < 1.29 is 18.7 Å². The SMILES string of the molecule is CC[C@H](NC(=O)c1c(C)oc2ccc(O)cc12)c1ccc(F)cc1. The molecule has 0 aliphatic carbocycles. The van der Waals surface area contributed by atoms with Crippen LogP contribution in [0.3, 0.4) is 0 Å². The molecule has 3 aromatic rings. The van der Waals surface area contributed by atoms with E-state index in [1.54, 1.807) is 25.1 Å². The fourth-order valence-electron chi connectivity index (χ4n) is 2.84. The number of fused-ring (bicyclic) bond motifs is 1. The molecule has 0 fully saturated rings. The van der Waals surface area contributed by atoms with E-state index in [-0.39, 0.29) is 23.5 Å². The standard InChI is InChI=1S/C19H18FNO3/c1-3-16(12-4-6-13(20)7-5-12)21-19(23)18-11(2)24-17-9-8-14(22)10-15(17)18/h4-10,16,22H,3H2,1-2H3,(H,21,23)/t16-/m0/s1. The van der Waals surface area contributed by atoms with Gasteiger partial charge in [0.25, 0.3) is 5.91 Å². The van der Waals surface area contributed by atoms with Gasteiger partial charge in [0.15, 0.2) is 0 Å². The number of aromatic hydroxyl groups is 1. The third kappa shape index (κ3) is 2.97. The van der Waals surface area contributed by atoms with Crippen molar-refractivity contribution in [1.82, 2.24) is 5.32 Å². The number of carbonyl (C=O) groups excluding carboxylic acids is 1. The molecule has 1 amide bonds. The molecule has 2 aromatic carbocycles. The summed E-state index contributed by atoms with van der Waals surface area (Å²) in [5.74, 6) is -0.0370. The number of carbonyl (C=O) groups is 1.